The van der Waals surface area contributed by atoms with E-state index in [-0.39, 0.29) is 5.91 Å². The molecule has 0 aromatic heterocycles. The molecular formula is C12H25BrN2O. The third-order valence-corrected chi connectivity index (χ3v) is 3.48. The molecule has 1 unspecified atom stereocenters. The number of hydrogen-bond donors (Lipinski definition) is 1. The monoisotopic (exact) mass is 292 g/mol. The molecule has 0 radical (unpaired) electrons. The highest BCUT2D eigenvalue weighted by molar-refractivity contribution is 9.09. The molecular weight excluding hydrogens is 268 g/mol. The molecule has 16 heavy (non-hydrogen) atoms. The van der Waals surface area contributed by atoms with Crippen molar-refractivity contribution in [3.05, 3.63) is 0 Å². The second-order valence-corrected chi connectivity index (χ2v) is 5.14. The van der Waals surface area contributed by atoms with Crippen molar-refractivity contribution in [3.8, 4) is 0 Å². The largest absolute Gasteiger partial charge is 0.354 e. The number of nitrogens with zero attached hydrogens (tertiary/aromatic N) is 1. The average Bonchev–Trinajstić information content (AvgIpc) is 2.24. The first-order chi connectivity index (χ1) is 7.56. The molecule has 0 spiro atoms. The van der Waals surface area contributed by atoms with Crippen LogP contribution in [0.4, 0.5) is 0 Å². The lowest BCUT2D eigenvalue weighted by Crippen LogP contribution is -2.44. The fraction of sp³-hybridized carbons (Fsp3) is 0.917. The zero-order valence-electron chi connectivity index (χ0n) is 10.9. The minimum absolute atomic E-state index is 0.134. The van der Waals surface area contributed by atoms with Gasteiger partial charge in [-0.25, -0.2) is 0 Å². The maximum Gasteiger partial charge on any atom is 0.220 e. The van der Waals surface area contributed by atoms with Crippen LogP contribution in [-0.4, -0.2) is 42.8 Å². The van der Waals surface area contributed by atoms with Gasteiger partial charge in [0.25, 0.3) is 0 Å². The van der Waals surface area contributed by atoms with E-state index in [0.717, 1.165) is 24.7 Å². The van der Waals surface area contributed by atoms with E-state index >= 15 is 0 Å². The molecule has 0 aliphatic rings. The van der Waals surface area contributed by atoms with Gasteiger partial charge >= 0.3 is 0 Å². The van der Waals surface area contributed by atoms with Gasteiger partial charge in [-0.05, 0) is 20.0 Å². The molecule has 0 aliphatic carbocycles. The molecule has 96 valence electrons. The molecule has 0 fully saturated rings. The van der Waals surface area contributed by atoms with Gasteiger partial charge in [0.2, 0.25) is 5.91 Å². The van der Waals surface area contributed by atoms with E-state index in [1.54, 1.807) is 0 Å². The second kappa shape index (κ2) is 8.99. The highest BCUT2D eigenvalue weighted by atomic mass is 79.9. The molecule has 0 aliphatic heterocycles. The average molecular weight is 293 g/mol. The standard InChI is InChI=1S/C12H25BrN2O/c1-5-10(6-2)11(15(3)4)9-14-12(16)7-8-13/h10-11H,5-9H2,1-4H3,(H,14,16). The summed E-state index contributed by atoms with van der Waals surface area (Å²) in [6, 6.07) is 0.439. The minimum atomic E-state index is 0.134. The Bertz CT molecular complexity index is 193. The predicted molar refractivity (Wildman–Crippen MR) is 73.0 cm³/mol. The zero-order valence-corrected chi connectivity index (χ0v) is 12.5. The van der Waals surface area contributed by atoms with Crippen molar-refractivity contribution < 1.29 is 4.79 Å². The van der Waals surface area contributed by atoms with Crippen molar-refractivity contribution in [2.24, 2.45) is 5.92 Å². The SMILES string of the molecule is CCC(CC)C(CNC(=O)CCBr)N(C)C. The number of amides is 1. The molecule has 0 heterocycles. The molecule has 0 rings (SSSR count). The molecule has 0 saturated heterocycles. The summed E-state index contributed by atoms with van der Waals surface area (Å²) in [7, 11) is 4.17. The molecule has 0 aromatic carbocycles. The van der Waals surface area contributed by atoms with Gasteiger partial charge in [-0.3, -0.25) is 4.79 Å². The molecule has 1 amide bonds. The lowest BCUT2D eigenvalue weighted by molar-refractivity contribution is -0.120. The quantitative estimate of drug-likeness (QED) is 0.696. The van der Waals surface area contributed by atoms with Crippen LogP contribution in [-0.2, 0) is 4.79 Å². The number of carbonyl (C=O) groups is 1. The third kappa shape index (κ3) is 5.85. The van der Waals surface area contributed by atoms with Crippen molar-refractivity contribution in [1.29, 1.82) is 0 Å². The fourth-order valence-corrected chi connectivity index (χ4v) is 2.36. The summed E-state index contributed by atoms with van der Waals surface area (Å²) < 4.78 is 0. The molecule has 3 nitrogen and oxygen atoms in total. The van der Waals surface area contributed by atoms with Crippen molar-refractivity contribution >= 4 is 21.8 Å². The molecule has 1 N–H and O–H groups in total. The van der Waals surface area contributed by atoms with Crippen LogP contribution in [0.5, 0.6) is 0 Å². The second-order valence-electron chi connectivity index (χ2n) is 4.35. The van der Waals surface area contributed by atoms with Crippen LogP contribution in [0.15, 0.2) is 0 Å². The first-order valence-corrected chi connectivity index (χ1v) is 7.17. The molecule has 0 saturated carbocycles. The van der Waals surface area contributed by atoms with Gasteiger partial charge < -0.3 is 10.2 Å². The first-order valence-electron chi connectivity index (χ1n) is 6.05. The number of nitrogens with one attached hydrogen (secondary N) is 1. The van der Waals surface area contributed by atoms with Crippen molar-refractivity contribution in [1.82, 2.24) is 10.2 Å². The number of carbonyl (C=O) groups excluding carboxylic acids is 1. The molecule has 4 heteroatoms. The number of alkyl halides is 1. The lowest BCUT2D eigenvalue weighted by atomic mass is 9.93. The number of halogens is 1. The van der Waals surface area contributed by atoms with Crippen LogP contribution in [0.1, 0.15) is 33.1 Å². The molecule has 0 aromatic rings. The van der Waals surface area contributed by atoms with Gasteiger partial charge in [0, 0.05) is 24.3 Å². The van der Waals surface area contributed by atoms with Crippen molar-refractivity contribution in [3.63, 3.8) is 0 Å². The topological polar surface area (TPSA) is 32.3 Å². The zero-order chi connectivity index (χ0) is 12.6. The van der Waals surface area contributed by atoms with Crippen LogP contribution >= 0.6 is 15.9 Å². The highest BCUT2D eigenvalue weighted by Crippen LogP contribution is 2.16. The van der Waals surface area contributed by atoms with Crippen LogP contribution in [0, 0.1) is 5.92 Å². The summed E-state index contributed by atoms with van der Waals surface area (Å²) in [5.41, 5.74) is 0. The summed E-state index contributed by atoms with van der Waals surface area (Å²) in [5.74, 6) is 0.786. The van der Waals surface area contributed by atoms with E-state index < -0.39 is 0 Å². The minimum Gasteiger partial charge on any atom is -0.354 e. The Hall–Kier alpha value is -0.0900. The van der Waals surface area contributed by atoms with Crippen molar-refractivity contribution in [2.75, 3.05) is 26.0 Å². The van der Waals surface area contributed by atoms with Crippen molar-refractivity contribution in [2.45, 2.75) is 39.2 Å². The third-order valence-electron chi connectivity index (χ3n) is 3.09. The van der Waals surface area contributed by atoms with E-state index in [2.05, 4.69) is 54.1 Å². The maximum atomic E-state index is 11.4. The summed E-state index contributed by atoms with van der Waals surface area (Å²) >= 11 is 3.27. The maximum absolute atomic E-state index is 11.4. The summed E-state index contributed by atoms with van der Waals surface area (Å²) in [6.07, 6.45) is 2.88. The van der Waals surface area contributed by atoms with Gasteiger partial charge in [-0.1, -0.05) is 42.6 Å². The Labute approximate surface area is 108 Å². The van der Waals surface area contributed by atoms with Gasteiger partial charge in [0.05, 0.1) is 0 Å². The molecule has 0 bridgehead atoms. The van der Waals surface area contributed by atoms with E-state index in [9.17, 15) is 4.79 Å². The number of likely N-dealkylation sites (N-methyl/N-ethyl adjacent to an activating group) is 1. The van der Waals surface area contributed by atoms with E-state index in [4.69, 9.17) is 0 Å². The van der Waals surface area contributed by atoms with Crippen LogP contribution in [0.2, 0.25) is 0 Å². The van der Waals surface area contributed by atoms with Crippen LogP contribution in [0.3, 0.4) is 0 Å². The number of rotatable bonds is 8. The fourth-order valence-electron chi connectivity index (χ4n) is 2.00. The Morgan fingerprint density at radius 2 is 1.88 bits per heavy atom. The van der Waals surface area contributed by atoms with E-state index in [0.29, 0.717) is 18.4 Å². The summed E-state index contributed by atoms with van der Waals surface area (Å²) in [6.45, 7) is 5.18. The summed E-state index contributed by atoms with van der Waals surface area (Å²) in [4.78, 5) is 13.6. The van der Waals surface area contributed by atoms with E-state index in [1.807, 2.05) is 0 Å². The summed E-state index contributed by atoms with van der Waals surface area (Å²) in [5, 5.41) is 3.74. The van der Waals surface area contributed by atoms with Gasteiger partial charge in [0.1, 0.15) is 0 Å². The lowest BCUT2D eigenvalue weighted by Gasteiger charge is -2.31. The number of hydrogen-bond acceptors (Lipinski definition) is 2. The van der Waals surface area contributed by atoms with Gasteiger partial charge in [0.15, 0.2) is 0 Å². The predicted octanol–water partition coefficient (Wildman–Crippen LogP) is 2.25. The Morgan fingerprint density at radius 1 is 1.31 bits per heavy atom. The Balaban J connectivity index is 4.18. The van der Waals surface area contributed by atoms with Gasteiger partial charge in [-0.15, -0.1) is 0 Å². The Kier molecular flexibility index (Phi) is 8.94. The van der Waals surface area contributed by atoms with Gasteiger partial charge in [-0.2, -0.15) is 0 Å². The van der Waals surface area contributed by atoms with E-state index in [1.165, 1.54) is 0 Å². The molecule has 1 atom stereocenters. The Morgan fingerprint density at radius 3 is 2.25 bits per heavy atom. The van der Waals surface area contributed by atoms with Crippen LogP contribution in [0.25, 0.3) is 0 Å². The highest BCUT2D eigenvalue weighted by Gasteiger charge is 2.20. The smallest absolute Gasteiger partial charge is 0.220 e. The van der Waals surface area contributed by atoms with Crippen LogP contribution < -0.4 is 5.32 Å². The normalized spacial score (nSPS) is 13.2. The first kappa shape index (κ1) is 15.9.